The maximum atomic E-state index is 5.17. The molecule has 0 saturated carbocycles. The largest absolute Gasteiger partial charge is 0.354 e. The van der Waals surface area contributed by atoms with Gasteiger partial charge in [-0.05, 0) is 12.5 Å². The number of halogens is 1. The Morgan fingerprint density at radius 2 is 2.22 bits per heavy atom. The average molecular weight is 272 g/mol. The van der Waals surface area contributed by atoms with E-state index in [4.69, 9.17) is 4.84 Å². The van der Waals surface area contributed by atoms with E-state index in [2.05, 4.69) is 27.2 Å². The van der Waals surface area contributed by atoms with Crippen LogP contribution in [0.5, 0.6) is 0 Å². The SMILES string of the molecule is CCCNc1nc(N(C)OC)c2cc[nH]c2n1.Cl. The van der Waals surface area contributed by atoms with Crippen molar-refractivity contribution in [3.63, 3.8) is 0 Å². The van der Waals surface area contributed by atoms with Gasteiger partial charge in [-0.15, -0.1) is 12.4 Å². The molecule has 0 fully saturated rings. The molecule has 0 amide bonds. The molecule has 100 valence electrons. The zero-order valence-electron chi connectivity index (χ0n) is 10.7. The van der Waals surface area contributed by atoms with Crippen LogP contribution in [0.4, 0.5) is 11.8 Å². The van der Waals surface area contributed by atoms with Gasteiger partial charge < -0.3 is 10.3 Å². The van der Waals surface area contributed by atoms with Crippen molar-refractivity contribution < 1.29 is 4.84 Å². The van der Waals surface area contributed by atoms with Crippen molar-refractivity contribution in [1.82, 2.24) is 15.0 Å². The number of hydrogen-bond donors (Lipinski definition) is 2. The molecule has 2 aromatic heterocycles. The molecule has 2 heterocycles. The van der Waals surface area contributed by atoms with Gasteiger partial charge in [0.2, 0.25) is 5.95 Å². The molecule has 0 aliphatic rings. The number of anilines is 2. The number of hydroxylamine groups is 1. The number of hydrogen-bond acceptors (Lipinski definition) is 5. The Morgan fingerprint density at radius 3 is 2.89 bits per heavy atom. The first kappa shape index (κ1) is 14.5. The predicted molar refractivity (Wildman–Crippen MR) is 75.3 cm³/mol. The summed E-state index contributed by atoms with van der Waals surface area (Å²) in [5.74, 6) is 1.36. The van der Waals surface area contributed by atoms with E-state index in [1.807, 2.05) is 19.3 Å². The molecule has 2 N–H and O–H groups in total. The Kier molecular flexibility index (Phi) is 5.18. The summed E-state index contributed by atoms with van der Waals surface area (Å²) in [6.45, 7) is 2.95. The van der Waals surface area contributed by atoms with Gasteiger partial charge in [-0.25, -0.2) is 5.06 Å². The quantitative estimate of drug-likeness (QED) is 0.816. The summed E-state index contributed by atoms with van der Waals surface area (Å²) in [5.41, 5.74) is 0.803. The van der Waals surface area contributed by atoms with Crippen molar-refractivity contribution in [2.75, 3.05) is 31.1 Å². The Balaban J connectivity index is 0.00000162. The molecule has 0 radical (unpaired) electrons. The fourth-order valence-electron chi connectivity index (χ4n) is 1.57. The Bertz CT molecular complexity index is 501. The van der Waals surface area contributed by atoms with Gasteiger partial charge in [0.1, 0.15) is 5.65 Å². The highest BCUT2D eigenvalue weighted by molar-refractivity contribution is 5.88. The number of aromatic amines is 1. The van der Waals surface area contributed by atoms with Crippen LogP contribution in [-0.2, 0) is 4.84 Å². The second-order valence-corrected chi connectivity index (χ2v) is 3.72. The number of nitrogens with zero attached hydrogens (tertiary/aromatic N) is 3. The fraction of sp³-hybridized carbons (Fsp3) is 0.455. The molecular weight excluding hydrogens is 254 g/mol. The monoisotopic (exact) mass is 271 g/mol. The van der Waals surface area contributed by atoms with Crippen molar-refractivity contribution in [3.8, 4) is 0 Å². The molecule has 18 heavy (non-hydrogen) atoms. The van der Waals surface area contributed by atoms with Crippen molar-refractivity contribution in [2.45, 2.75) is 13.3 Å². The van der Waals surface area contributed by atoms with Crippen LogP contribution in [0.15, 0.2) is 12.3 Å². The zero-order chi connectivity index (χ0) is 12.3. The highest BCUT2D eigenvalue weighted by atomic mass is 35.5. The smallest absolute Gasteiger partial charge is 0.226 e. The van der Waals surface area contributed by atoms with E-state index in [9.17, 15) is 0 Å². The van der Waals surface area contributed by atoms with Gasteiger partial charge in [-0.1, -0.05) is 6.92 Å². The van der Waals surface area contributed by atoms with Crippen LogP contribution in [0.2, 0.25) is 0 Å². The standard InChI is InChI=1S/C11H17N5O.ClH/c1-4-6-13-11-14-9-8(5-7-12-9)10(15-11)16(2)17-3;/h5,7H,4,6H2,1-3H3,(H2,12,13,14,15);1H. The van der Waals surface area contributed by atoms with Gasteiger partial charge in [0, 0.05) is 19.8 Å². The Labute approximate surface area is 112 Å². The first-order valence-corrected chi connectivity index (χ1v) is 5.63. The van der Waals surface area contributed by atoms with Crippen molar-refractivity contribution >= 4 is 35.2 Å². The van der Waals surface area contributed by atoms with E-state index in [-0.39, 0.29) is 12.4 Å². The summed E-state index contributed by atoms with van der Waals surface area (Å²) in [6.07, 6.45) is 2.87. The van der Waals surface area contributed by atoms with E-state index in [0.717, 1.165) is 29.8 Å². The van der Waals surface area contributed by atoms with E-state index in [0.29, 0.717) is 5.95 Å². The van der Waals surface area contributed by atoms with Gasteiger partial charge in [0.15, 0.2) is 5.82 Å². The molecule has 2 aromatic rings. The molecule has 0 aromatic carbocycles. The van der Waals surface area contributed by atoms with Crippen LogP contribution in [0.3, 0.4) is 0 Å². The van der Waals surface area contributed by atoms with Crippen LogP contribution in [0.1, 0.15) is 13.3 Å². The number of aromatic nitrogens is 3. The number of H-pyrrole nitrogens is 1. The molecule has 0 spiro atoms. The molecule has 0 saturated heterocycles. The highest BCUT2D eigenvalue weighted by Crippen LogP contribution is 2.23. The first-order valence-electron chi connectivity index (χ1n) is 5.63. The third-order valence-electron chi connectivity index (χ3n) is 2.50. The molecule has 0 unspecified atom stereocenters. The highest BCUT2D eigenvalue weighted by Gasteiger charge is 2.11. The first-order chi connectivity index (χ1) is 8.26. The second kappa shape index (κ2) is 6.42. The summed E-state index contributed by atoms with van der Waals surface area (Å²) in [4.78, 5) is 17.1. The number of nitrogens with one attached hydrogen (secondary N) is 2. The van der Waals surface area contributed by atoms with Gasteiger partial charge in [-0.2, -0.15) is 9.97 Å². The zero-order valence-corrected chi connectivity index (χ0v) is 11.5. The van der Waals surface area contributed by atoms with Crippen molar-refractivity contribution in [3.05, 3.63) is 12.3 Å². The molecule has 0 bridgehead atoms. The summed E-state index contributed by atoms with van der Waals surface area (Å²) < 4.78 is 0. The lowest BCUT2D eigenvalue weighted by molar-refractivity contribution is 0.183. The topological polar surface area (TPSA) is 66.1 Å². The van der Waals surface area contributed by atoms with Crippen molar-refractivity contribution in [2.24, 2.45) is 0 Å². The summed E-state index contributed by atoms with van der Waals surface area (Å²) >= 11 is 0. The molecule has 6 nitrogen and oxygen atoms in total. The van der Waals surface area contributed by atoms with Gasteiger partial charge in [-0.3, -0.25) is 4.84 Å². The number of fused-ring (bicyclic) bond motifs is 1. The molecular formula is C11H18ClN5O. The van der Waals surface area contributed by atoms with E-state index in [1.54, 1.807) is 12.2 Å². The van der Waals surface area contributed by atoms with Crippen LogP contribution in [0, 0.1) is 0 Å². The molecule has 0 atom stereocenters. The fourth-order valence-corrected chi connectivity index (χ4v) is 1.57. The van der Waals surface area contributed by atoms with E-state index in [1.165, 1.54) is 0 Å². The van der Waals surface area contributed by atoms with Gasteiger partial charge in [0.05, 0.1) is 12.5 Å². The lowest BCUT2D eigenvalue weighted by Crippen LogP contribution is -2.18. The maximum absolute atomic E-state index is 5.17. The summed E-state index contributed by atoms with van der Waals surface area (Å²) in [6, 6.07) is 1.93. The third-order valence-corrected chi connectivity index (χ3v) is 2.50. The van der Waals surface area contributed by atoms with Crippen LogP contribution in [0.25, 0.3) is 11.0 Å². The predicted octanol–water partition coefficient (Wildman–Crippen LogP) is 2.20. The molecule has 7 heteroatoms. The lowest BCUT2D eigenvalue weighted by Gasteiger charge is -2.16. The van der Waals surface area contributed by atoms with Crippen molar-refractivity contribution in [1.29, 1.82) is 0 Å². The second-order valence-electron chi connectivity index (χ2n) is 3.72. The minimum Gasteiger partial charge on any atom is -0.354 e. The van der Waals surface area contributed by atoms with E-state index >= 15 is 0 Å². The van der Waals surface area contributed by atoms with Crippen LogP contribution in [-0.4, -0.2) is 35.7 Å². The minimum absolute atomic E-state index is 0. The lowest BCUT2D eigenvalue weighted by atomic mass is 10.4. The van der Waals surface area contributed by atoms with E-state index < -0.39 is 0 Å². The van der Waals surface area contributed by atoms with Crippen LogP contribution >= 0.6 is 12.4 Å². The normalized spacial score (nSPS) is 10.2. The minimum atomic E-state index is 0. The number of rotatable bonds is 5. The van der Waals surface area contributed by atoms with Gasteiger partial charge in [0.25, 0.3) is 0 Å². The molecule has 0 aliphatic carbocycles. The van der Waals surface area contributed by atoms with Crippen LogP contribution < -0.4 is 10.4 Å². The molecule has 2 rings (SSSR count). The third kappa shape index (κ3) is 2.83. The maximum Gasteiger partial charge on any atom is 0.226 e. The molecule has 0 aliphatic heterocycles. The Morgan fingerprint density at radius 1 is 1.44 bits per heavy atom. The summed E-state index contributed by atoms with van der Waals surface area (Å²) in [7, 11) is 3.43. The summed E-state index contributed by atoms with van der Waals surface area (Å²) in [5, 5.41) is 5.73. The van der Waals surface area contributed by atoms with Gasteiger partial charge >= 0.3 is 0 Å². The average Bonchev–Trinajstić information content (AvgIpc) is 2.82. The Hall–Kier alpha value is -1.53.